The SMILES string of the molecule is Cc1occc1SCC(=O)N[C@@H](C)C(=O)N(C)C. The Kier molecular flexibility index (Phi) is 5.27. The first-order chi connectivity index (χ1) is 8.41. The minimum Gasteiger partial charge on any atom is -0.468 e. The number of hydrogen-bond donors (Lipinski definition) is 1. The molecule has 0 aliphatic heterocycles. The Morgan fingerprint density at radius 1 is 1.50 bits per heavy atom. The minimum atomic E-state index is -0.501. The fourth-order valence-electron chi connectivity index (χ4n) is 1.40. The lowest BCUT2D eigenvalue weighted by Gasteiger charge is -2.17. The van der Waals surface area contributed by atoms with E-state index in [1.54, 1.807) is 27.3 Å². The lowest BCUT2D eigenvalue weighted by Crippen LogP contribution is -2.44. The zero-order valence-electron chi connectivity index (χ0n) is 11.0. The Labute approximate surface area is 111 Å². The lowest BCUT2D eigenvalue weighted by atomic mass is 10.3. The minimum absolute atomic E-state index is 0.118. The Hall–Kier alpha value is -1.43. The van der Waals surface area contributed by atoms with Crippen LogP contribution in [0.25, 0.3) is 0 Å². The molecule has 0 aliphatic rings. The van der Waals surface area contributed by atoms with Crippen molar-refractivity contribution in [1.29, 1.82) is 0 Å². The van der Waals surface area contributed by atoms with Crippen molar-refractivity contribution in [2.45, 2.75) is 24.8 Å². The number of amides is 2. The molecule has 0 saturated carbocycles. The summed E-state index contributed by atoms with van der Waals surface area (Å²) in [4.78, 5) is 25.6. The number of carbonyl (C=O) groups is 2. The monoisotopic (exact) mass is 270 g/mol. The Morgan fingerprint density at radius 2 is 2.17 bits per heavy atom. The van der Waals surface area contributed by atoms with Crippen molar-refractivity contribution >= 4 is 23.6 Å². The standard InChI is InChI=1S/C12H18N2O3S/c1-8(12(16)14(3)4)13-11(15)7-18-10-5-6-17-9(10)2/h5-6,8H,7H2,1-4H3,(H,13,15)/t8-/m0/s1. The molecule has 6 heteroatoms. The van der Waals surface area contributed by atoms with E-state index in [9.17, 15) is 9.59 Å². The van der Waals surface area contributed by atoms with Gasteiger partial charge in [-0.05, 0) is 19.9 Å². The number of rotatable bonds is 5. The van der Waals surface area contributed by atoms with Crippen LogP contribution in [0.2, 0.25) is 0 Å². The number of likely N-dealkylation sites (N-methyl/N-ethyl adjacent to an activating group) is 1. The van der Waals surface area contributed by atoms with Gasteiger partial charge in [0.15, 0.2) is 0 Å². The van der Waals surface area contributed by atoms with Crippen LogP contribution in [-0.2, 0) is 9.59 Å². The third kappa shape index (κ3) is 4.10. The summed E-state index contributed by atoms with van der Waals surface area (Å²) in [6.07, 6.45) is 1.59. The van der Waals surface area contributed by atoms with Crippen LogP contribution in [0.3, 0.4) is 0 Å². The second-order valence-electron chi connectivity index (χ2n) is 4.15. The molecule has 1 rings (SSSR count). The maximum absolute atomic E-state index is 11.7. The summed E-state index contributed by atoms with van der Waals surface area (Å²) in [6.45, 7) is 3.52. The highest BCUT2D eigenvalue weighted by Gasteiger charge is 2.17. The fraction of sp³-hybridized carbons (Fsp3) is 0.500. The largest absolute Gasteiger partial charge is 0.468 e. The van der Waals surface area contributed by atoms with Crippen LogP contribution >= 0.6 is 11.8 Å². The molecule has 0 saturated heterocycles. The predicted octanol–water partition coefficient (Wildman–Crippen LogP) is 1.27. The zero-order chi connectivity index (χ0) is 13.7. The maximum atomic E-state index is 11.7. The summed E-state index contributed by atoms with van der Waals surface area (Å²) in [6, 6.07) is 1.32. The third-order valence-electron chi connectivity index (χ3n) is 2.36. The van der Waals surface area contributed by atoms with Gasteiger partial charge >= 0.3 is 0 Å². The van der Waals surface area contributed by atoms with E-state index in [-0.39, 0.29) is 17.6 Å². The van der Waals surface area contributed by atoms with Gasteiger partial charge in [-0.15, -0.1) is 11.8 Å². The first kappa shape index (κ1) is 14.6. The van der Waals surface area contributed by atoms with E-state index >= 15 is 0 Å². The molecule has 1 N–H and O–H groups in total. The molecule has 100 valence electrons. The van der Waals surface area contributed by atoms with Gasteiger partial charge in [0.1, 0.15) is 11.8 Å². The van der Waals surface area contributed by atoms with E-state index in [0.717, 1.165) is 10.7 Å². The predicted molar refractivity (Wildman–Crippen MR) is 70.5 cm³/mol. The quantitative estimate of drug-likeness (QED) is 0.819. The number of nitrogens with one attached hydrogen (secondary N) is 1. The van der Waals surface area contributed by atoms with Gasteiger partial charge in [-0.1, -0.05) is 0 Å². The molecule has 2 amide bonds. The summed E-state index contributed by atoms with van der Waals surface area (Å²) in [7, 11) is 3.32. The molecule has 18 heavy (non-hydrogen) atoms. The molecule has 0 unspecified atom stereocenters. The van der Waals surface area contributed by atoms with E-state index in [1.807, 2.05) is 13.0 Å². The van der Waals surface area contributed by atoms with E-state index < -0.39 is 6.04 Å². The second-order valence-corrected chi connectivity index (χ2v) is 5.17. The summed E-state index contributed by atoms with van der Waals surface area (Å²) in [5, 5.41) is 2.66. The second kappa shape index (κ2) is 6.49. The van der Waals surface area contributed by atoms with Gasteiger partial charge in [-0.2, -0.15) is 0 Å². The van der Waals surface area contributed by atoms with Gasteiger partial charge in [0.25, 0.3) is 0 Å². The van der Waals surface area contributed by atoms with Gasteiger partial charge in [-0.3, -0.25) is 9.59 Å². The van der Waals surface area contributed by atoms with Crippen molar-refractivity contribution in [1.82, 2.24) is 10.2 Å². The molecule has 0 bridgehead atoms. The highest BCUT2D eigenvalue weighted by Crippen LogP contribution is 2.22. The van der Waals surface area contributed by atoms with E-state index in [4.69, 9.17) is 4.42 Å². The van der Waals surface area contributed by atoms with Crippen LogP contribution < -0.4 is 5.32 Å². The van der Waals surface area contributed by atoms with Crippen LogP contribution in [0.1, 0.15) is 12.7 Å². The van der Waals surface area contributed by atoms with Gasteiger partial charge in [-0.25, -0.2) is 0 Å². The summed E-state index contributed by atoms with van der Waals surface area (Å²) in [5.74, 6) is 0.784. The molecule has 0 radical (unpaired) electrons. The van der Waals surface area contributed by atoms with Crippen molar-refractivity contribution in [3.63, 3.8) is 0 Å². The number of nitrogens with zero attached hydrogens (tertiary/aromatic N) is 1. The lowest BCUT2D eigenvalue weighted by molar-refractivity contribution is -0.133. The van der Waals surface area contributed by atoms with Gasteiger partial charge in [0, 0.05) is 19.0 Å². The molecule has 1 aromatic rings. The normalized spacial score (nSPS) is 12.0. The van der Waals surface area contributed by atoms with Crippen molar-refractivity contribution in [2.75, 3.05) is 19.8 Å². The first-order valence-corrected chi connectivity index (χ1v) is 6.57. The summed E-state index contributed by atoms with van der Waals surface area (Å²) >= 11 is 1.39. The highest BCUT2D eigenvalue weighted by atomic mass is 32.2. The molecule has 0 fully saturated rings. The molecular weight excluding hydrogens is 252 g/mol. The number of thioether (sulfide) groups is 1. The van der Waals surface area contributed by atoms with Crippen molar-refractivity contribution < 1.29 is 14.0 Å². The number of aryl methyl sites for hydroxylation is 1. The van der Waals surface area contributed by atoms with Gasteiger partial charge in [0.2, 0.25) is 11.8 Å². The Bertz CT molecular complexity index is 429. The zero-order valence-corrected chi connectivity index (χ0v) is 11.8. The third-order valence-corrected chi connectivity index (χ3v) is 3.50. The Balaban J connectivity index is 2.38. The van der Waals surface area contributed by atoms with E-state index in [2.05, 4.69) is 5.32 Å². The molecule has 0 spiro atoms. The average Bonchev–Trinajstić information content (AvgIpc) is 2.71. The van der Waals surface area contributed by atoms with Crippen LogP contribution in [0, 0.1) is 6.92 Å². The van der Waals surface area contributed by atoms with Crippen LogP contribution in [-0.4, -0.2) is 42.6 Å². The van der Waals surface area contributed by atoms with Crippen LogP contribution in [0.4, 0.5) is 0 Å². The molecule has 1 aromatic heterocycles. The first-order valence-electron chi connectivity index (χ1n) is 5.59. The molecular formula is C12H18N2O3S. The smallest absolute Gasteiger partial charge is 0.244 e. The van der Waals surface area contributed by atoms with Crippen molar-refractivity contribution in [3.8, 4) is 0 Å². The van der Waals surface area contributed by atoms with E-state index in [0.29, 0.717) is 0 Å². The molecule has 1 heterocycles. The topological polar surface area (TPSA) is 62.6 Å². The summed E-state index contributed by atoms with van der Waals surface area (Å²) < 4.78 is 5.13. The van der Waals surface area contributed by atoms with Crippen LogP contribution in [0.15, 0.2) is 21.6 Å². The highest BCUT2D eigenvalue weighted by molar-refractivity contribution is 8.00. The molecule has 0 aromatic carbocycles. The van der Waals surface area contributed by atoms with Crippen molar-refractivity contribution in [2.24, 2.45) is 0 Å². The Morgan fingerprint density at radius 3 is 2.67 bits per heavy atom. The average molecular weight is 270 g/mol. The number of carbonyl (C=O) groups excluding carboxylic acids is 2. The fourth-order valence-corrected chi connectivity index (χ4v) is 2.17. The van der Waals surface area contributed by atoms with Crippen molar-refractivity contribution in [3.05, 3.63) is 18.1 Å². The number of hydrogen-bond acceptors (Lipinski definition) is 4. The molecule has 1 atom stereocenters. The van der Waals surface area contributed by atoms with Gasteiger partial charge < -0.3 is 14.6 Å². The molecule has 5 nitrogen and oxygen atoms in total. The maximum Gasteiger partial charge on any atom is 0.244 e. The van der Waals surface area contributed by atoms with Gasteiger partial charge in [0.05, 0.1) is 12.0 Å². The van der Waals surface area contributed by atoms with E-state index in [1.165, 1.54) is 16.7 Å². The summed E-state index contributed by atoms with van der Waals surface area (Å²) in [5.41, 5.74) is 0. The molecule has 0 aliphatic carbocycles. The van der Waals surface area contributed by atoms with Crippen LogP contribution in [0.5, 0.6) is 0 Å². The number of furan rings is 1.